The van der Waals surface area contributed by atoms with Gasteiger partial charge >= 0.3 is 0 Å². The molecule has 0 aromatic heterocycles. The standard InChI is InChI=1S/C16H17ClN2O3S/c1-10-4-5-11(2)14(8-10)18-16(20)12-6-7-13(17)15(9-12)19-23(3,21)22/h4-9,19H,1-3H3,(H,18,20). The molecule has 0 bridgehead atoms. The molecule has 0 atom stereocenters. The maximum atomic E-state index is 12.4. The minimum atomic E-state index is -3.48. The van der Waals surface area contributed by atoms with E-state index in [1.165, 1.54) is 18.2 Å². The third kappa shape index (κ3) is 4.71. The minimum Gasteiger partial charge on any atom is -0.322 e. The van der Waals surface area contributed by atoms with Crippen molar-refractivity contribution in [2.75, 3.05) is 16.3 Å². The molecule has 0 saturated carbocycles. The predicted octanol–water partition coefficient (Wildman–Crippen LogP) is 3.58. The number of carbonyl (C=O) groups is 1. The molecule has 2 rings (SSSR count). The van der Waals surface area contributed by atoms with Crippen molar-refractivity contribution in [3.8, 4) is 0 Å². The number of sulfonamides is 1. The predicted molar refractivity (Wildman–Crippen MR) is 93.8 cm³/mol. The molecule has 2 aromatic rings. The van der Waals surface area contributed by atoms with Gasteiger partial charge in [-0.05, 0) is 49.2 Å². The van der Waals surface area contributed by atoms with Gasteiger partial charge in [0.2, 0.25) is 10.0 Å². The Bertz CT molecular complexity index is 864. The van der Waals surface area contributed by atoms with Gasteiger partial charge in [-0.1, -0.05) is 23.7 Å². The Morgan fingerprint density at radius 2 is 1.74 bits per heavy atom. The summed E-state index contributed by atoms with van der Waals surface area (Å²) in [7, 11) is -3.48. The topological polar surface area (TPSA) is 75.3 Å². The van der Waals surface area contributed by atoms with E-state index in [0.717, 1.165) is 17.4 Å². The van der Waals surface area contributed by atoms with E-state index in [0.29, 0.717) is 11.3 Å². The molecule has 0 fully saturated rings. The van der Waals surface area contributed by atoms with Gasteiger partial charge in [-0.3, -0.25) is 9.52 Å². The van der Waals surface area contributed by atoms with Gasteiger partial charge in [0.15, 0.2) is 0 Å². The van der Waals surface area contributed by atoms with Crippen LogP contribution in [0.3, 0.4) is 0 Å². The molecule has 2 N–H and O–H groups in total. The van der Waals surface area contributed by atoms with E-state index in [9.17, 15) is 13.2 Å². The largest absolute Gasteiger partial charge is 0.322 e. The molecule has 122 valence electrons. The average molecular weight is 353 g/mol. The lowest BCUT2D eigenvalue weighted by Gasteiger charge is -2.11. The Kier molecular flexibility index (Phi) is 4.97. The average Bonchev–Trinajstić information content (AvgIpc) is 2.43. The fourth-order valence-electron chi connectivity index (χ4n) is 2.01. The van der Waals surface area contributed by atoms with Crippen molar-refractivity contribution < 1.29 is 13.2 Å². The Balaban J connectivity index is 2.29. The summed E-state index contributed by atoms with van der Waals surface area (Å²) in [6.45, 7) is 3.83. The summed E-state index contributed by atoms with van der Waals surface area (Å²) in [4.78, 5) is 12.4. The monoisotopic (exact) mass is 352 g/mol. The molecule has 0 aliphatic carbocycles. The molecule has 23 heavy (non-hydrogen) atoms. The number of benzene rings is 2. The zero-order valence-corrected chi connectivity index (χ0v) is 14.5. The zero-order chi connectivity index (χ0) is 17.2. The Hall–Kier alpha value is -2.05. The van der Waals surface area contributed by atoms with Crippen molar-refractivity contribution in [1.82, 2.24) is 0 Å². The van der Waals surface area contributed by atoms with Crippen LogP contribution in [-0.4, -0.2) is 20.6 Å². The number of nitrogens with one attached hydrogen (secondary N) is 2. The maximum Gasteiger partial charge on any atom is 0.255 e. The first kappa shape index (κ1) is 17.3. The molecule has 5 nitrogen and oxygen atoms in total. The third-order valence-corrected chi connectivity index (χ3v) is 4.09. The lowest BCUT2D eigenvalue weighted by molar-refractivity contribution is 0.102. The lowest BCUT2D eigenvalue weighted by atomic mass is 10.1. The van der Waals surface area contributed by atoms with Crippen LogP contribution < -0.4 is 10.0 Å². The first-order valence-corrected chi connectivity index (χ1v) is 9.08. The van der Waals surface area contributed by atoms with Gasteiger partial charge in [-0.2, -0.15) is 0 Å². The first-order chi connectivity index (χ1) is 10.7. The summed E-state index contributed by atoms with van der Waals surface area (Å²) in [5, 5.41) is 3.04. The number of halogens is 1. The van der Waals surface area contributed by atoms with Gasteiger partial charge in [0.1, 0.15) is 0 Å². The summed E-state index contributed by atoms with van der Waals surface area (Å²) < 4.78 is 25.0. The quantitative estimate of drug-likeness (QED) is 0.883. The van der Waals surface area contributed by atoms with E-state index in [1.807, 2.05) is 32.0 Å². The van der Waals surface area contributed by atoms with Crippen LogP contribution in [0.5, 0.6) is 0 Å². The molecule has 7 heteroatoms. The number of anilines is 2. The van der Waals surface area contributed by atoms with Crippen molar-refractivity contribution in [3.05, 3.63) is 58.1 Å². The molecule has 0 heterocycles. The molecular formula is C16H17ClN2O3S. The number of amides is 1. The van der Waals surface area contributed by atoms with Crippen molar-refractivity contribution in [2.45, 2.75) is 13.8 Å². The molecule has 2 aromatic carbocycles. The third-order valence-electron chi connectivity index (χ3n) is 3.17. The summed E-state index contributed by atoms with van der Waals surface area (Å²) in [6.07, 6.45) is 1.02. The zero-order valence-electron chi connectivity index (χ0n) is 13.0. The van der Waals surface area contributed by atoms with Crippen molar-refractivity contribution in [3.63, 3.8) is 0 Å². The normalized spacial score (nSPS) is 11.1. The fraction of sp³-hybridized carbons (Fsp3) is 0.188. The molecule has 0 spiro atoms. The number of hydrogen-bond acceptors (Lipinski definition) is 3. The molecule has 0 unspecified atom stereocenters. The summed E-state index contributed by atoms with van der Waals surface area (Å²) in [6, 6.07) is 10.2. The van der Waals surface area contributed by atoms with Crippen LogP contribution in [0, 0.1) is 13.8 Å². The van der Waals surface area contributed by atoms with E-state index in [-0.39, 0.29) is 16.6 Å². The van der Waals surface area contributed by atoms with E-state index < -0.39 is 10.0 Å². The van der Waals surface area contributed by atoms with E-state index >= 15 is 0 Å². The van der Waals surface area contributed by atoms with Crippen LogP contribution in [0.15, 0.2) is 36.4 Å². The summed E-state index contributed by atoms with van der Waals surface area (Å²) >= 11 is 5.95. The van der Waals surface area contributed by atoms with E-state index in [1.54, 1.807) is 0 Å². The summed E-state index contributed by atoms with van der Waals surface area (Å²) in [5.41, 5.74) is 3.15. The highest BCUT2D eigenvalue weighted by atomic mass is 35.5. The van der Waals surface area contributed by atoms with Crippen LogP contribution in [-0.2, 0) is 10.0 Å². The van der Waals surface area contributed by atoms with Gasteiger partial charge in [0.25, 0.3) is 5.91 Å². The minimum absolute atomic E-state index is 0.169. The van der Waals surface area contributed by atoms with Gasteiger partial charge in [0.05, 0.1) is 17.0 Å². The Labute approximate surface area is 140 Å². The second-order valence-corrected chi connectivity index (χ2v) is 7.50. The van der Waals surface area contributed by atoms with Crippen LogP contribution in [0.2, 0.25) is 5.02 Å². The van der Waals surface area contributed by atoms with Crippen LogP contribution in [0.1, 0.15) is 21.5 Å². The van der Waals surface area contributed by atoms with Crippen molar-refractivity contribution in [1.29, 1.82) is 0 Å². The number of hydrogen-bond donors (Lipinski definition) is 2. The van der Waals surface area contributed by atoms with Crippen LogP contribution >= 0.6 is 11.6 Å². The SMILES string of the molecule is Cc1ccc(C)c(NC(=O)c2ccc(Cl)c(NS(C)(=O)=O)c2)c1. The number of rotatable bonds is 4. The molecular weight excluding hydrogens is 336 g/mol. The van der Waals surface area contributed by atoms with Crippen molar-refractivity contribution >= 4 is 38.9 Å². The second kappa shape index (κ2) is 6.60. The molecule has 0 aliphatic heterocycles. The smallest absolute Gasteiger partial charge is 0.255 e. The first-order valence-electron chi connectivity index (χ1n) is 6.81. The molecule has 1 amide bonds. The van der Waals surface area contributed by atoms with Gasteiger partial charge < -0.3 is 5.32 Å². The van der Waals surface area contributed by atoms with Gasteiger partial charge in [-0.25, -0.2) is 8.42 Å². The Morgan fingerprint density at radius 1 is 1.04 bits per heavy atom. The highest BCUT2D eigenvalue weighted by Gasteiger charge is 2.12. The molecule has 0 aliphatic rings. The fourth-order valence-corrected chi connectivity index (χ4v) is 2.80. The summed E-state index contributed by atoms with van der Waals surface area (Å²) in [5.74, 6) is -0.341. The van der Waals surface area contributed by atoms with Gasteiger partial charge in [-0.15, -0.1) is 0 Å². The van der Waals surface area contributed by atoms with E-state index in [2.05, 4.69) is 10.0 Å². The van der Waals surface area contributed by atoms with Crippen molar-refractivity contribution in [2.24, 2.45) is 0 Å². The number of carbonyl (C=O) groups excluding carboxylic acids is 1. The Morgan fingerprint density at radius 3 is 2.39 bits per heavy atom. The van der Waals surface area contributed by atoms with Gasteiger partial charge in [0, 0.05) is 11.3 Å². The molecule has 0 radical (unpaired) electrons. The second-order valence-electron chi connectivity index (χ2n) is 5.34. The lowest BCUT2D eigenvalue weighted by Crippen LogP contribution is -2.15. The maximum absolute atomic E-state index is 12.4. The molecule has 0 saturated heterocycles. The van der Waals surface area contributed by atoms with Crippen LogP contribution in [0.4, 0.5) is 11.4 Å². The van der Waals surface area contributed by atoms with Crippen LogP contribution in [0.25, 0.3) is 0 Å². The highest BCUT2D eigenvalue weighted by molar-refractivity contribution is 7.92. The highest BCUT2D eigenvalue weighted by Crippen LogP contribution is 2.25. The number of aryl methyl sites for hydroxylation is 2. The van der Waals surface area contributed by atoms with E-state index in [4.69, 9.17) is 11.6 Å².